The Hall–Kier alpha value is -3.19. The maximum absolute atomic E-state index is 13.7. The number of carbonyl (C=O) groups is 3. The van der Waals surface area contributed by atoms with E-state index in [2.05, 4.69) is 19.2 Å². The maximum Gasteiger partial charge on any atom is 0.326 e. The van der Waals surface area contributed by atoms with Crippen molar-refractivity contribution in [2.24, 2.45) is 11.8 Å². The van der Waals surface area contributed by atoms with E-state index in [4.69, 9.17) is 9.47 Å². The SMILES string of the molecule is CCOC(=O)[C@]1(C)N[C@H](c2ccc(C(C)C)cc2)[C@@H]2C(=O)N(c3ccc(OC)cc3)C(=O)[C@@H]21. The lowest BCUT2D eigenvalue weighted by atomic mass is 9.80. The molecule has 4 atom stereocenters. The van der Waals surface area contributed by atoms with Crippen LogP contribution in [-0.4, -0.2) is 37.0 Å². The fourth-order valence-electron chi connectivity index (χ4n) is 4.97. The standard InChI is InChI=1S/C26H30N2O5/c1-6-33-25(31)26(4)21-20(22(27-26)17-9-7-16(8-10-17)15(2)3)23(29)28(24(21)30)18-11-13-19(32-5)14-12-18/h7-15,20-22,27H,6H2,1-5H3/t20-,21-,22-,26-/m1/s1. The van der Waals surface area contributed by atoms with Crippen LogP contribution in [0.1, 0.15) is 50.8 Å². The van der Waals surface area contributed by atoms with E-state index in [9.17, 15) is 14.4 Å². The van der Waals surface area contributed by atoms with Crippen LogP contribution in [0.5, 0.6) is 5.75 Å². The number of nitrogens with zero attached hydrogens (tertiary/aromatic N) is 1. The first-order chi connectivity index (χ1) is 15.7. The highest BCUT2D eigenvalue weighted by atomic mass is 16.5. The molecule has 2 amide bonds. The number of anilines is 1. The molecule has 0 radical (unpaired) electrons. The topological polar surface area (TPSA) is 84.9 Å². The number of nitrogens with one attached hydrogen (secondary N) is 1. The zero-order valence-corrected chi connectivity index (χ0v) is 19.6. The molecule has 2 heterocycles. The Kier molecular flexibility index (Phi) is 6.01. The first kappa shape index (κ1) is 23.0. The molecule has 2 fully saturated rings. The van der Waals surface area contributed by atoms with Gasteiger partial charge in [-0.15, -0.1) is 0 Å². The van der Waals surface area contributed by atoms with Crippen LogP contribution in [0.4, 0.5) is 5.69 Å². The molecule has 2 aliphatic rings. The van der Waals surface area contributed by atoms with Gasteiger partial charge in [-0.3, -0.25) is 19.7 Å². The smallest absolute Gasteiger partial charge is 0.326 e. The van der Waals surface area contributed by atoms with E-state index in [1.165, 1.54) is 10.5 Å². The fraction of sp³-hybridized carbons (Fsp3) is 0.423. The van der Waals surface area contributed by atoms with Gasteiger partial charge >= 0.3 is 5.97 Å². The third-order valence-electron chi connectivity index (χ3n) is 6.78. The Labute approximate surface area is 194 Å². The molecule has 0 aliphatic carbocycles. The Balaban J connectivity index is 1.77. The first-order valence-electron chi connectivity index (χ1n) is 11.3. The minimum Gasteiger partial charge on any atom is -0.497 e. The lowest BCUT2D eigenvalue weighted by Gasteiger charge is -2.29. The van der Waals surface area contributed by atoms with Crippen LogP contribution >= 0.6 is 0 Å². The molecular weight excluding hydrogens is 420 g/mol. The minimum absolute atomic E-state index is 0.186. The zero-order chi connectivity index (χ0) is 23.9. The second-order valence-electron chi connectivity index (χ2n) is 9.08. The molecule has 2 saturated heterocycles. The van der Waals surface area contributed by atoms with Crippen molar-refractivity contribution in [3.63, 3.8) is 0 Å². The van der Waals surface area contributed by atoms with Gasteiger partial charge in [0.05, 0.1) is 31.2 Å². The third-order valence-corrected chi connectivity index (χ3v) is 6.78. The quantitative estimate of drug-likeness (QED) is 0.535. The van der Waals surface area contributed by atoms with Crippen LogP contribution in [0.2, 0.25) is 0 Å². The summed E-state index contributed by atoms with van der Waals surface area (Å²) in [7, 11) is 1.55. The number of amides is 2. The van der Waals surface area contributed by atoms with Crippen molar-refractivity contribution in [2.45, 2.75) is 45.2 Å². The van der Waals surface area contributed by atoms with Gasteiger partial charge in [0.2, 0.25) is 11.8 Å². The second kappa shape index (κ2) is 8.63. The summed E-state index contributed by atoms with van der Waals surface area (Å²) in [5.74, 6) is -1.86. The van der Waals surface area contributed by atoms with Crippen molar-refractivity contribution in [3.8, 4) is 5.75 Å². The summed E-state index contributed by atoms with van der Waals surface area (Å²) in [5.41, 5.74) is 1.17. The minimum atomic E-state index is -1.32. The van der Waals surface area contributed by atoms with Crippen molar-refractivity contribution >= 4 is 23.5 Å². The molecule has 0 saturated carbocycles. The lowest BCUT2D eigenvalue weighted by molar-refractivity contribution is -0.153. The highest BCUT2D eigenvalue weighted by molar-refractivity contribution is 6.24. The molecule has 1 N–H and O–H groups in total. The molecule has 2 aromatic rings. The highest BCUT2D eigenvalue weighted by Crippen LogP contribution is 2.50. The molecule has 0 bridgehead atoms. The molecule has 7 heteroatoms. The van der Waals surface area contributed by atoms with Gasteiger partial charge in [-0.25, -0.2) is 4.90 Å². The van der Waals surface area contributed by atoms with Crippen LogP contribution in [0.15, 0.2) is 48.5 Å². The summed E-state index contributed by atoms with van der Waals surface area (Å²) >= 11 is 0. The molecule has 33 heavy (non-hydrogen) atoms. The number of methoxy groups -OCH3 is 1. The van der Waals surface area contributed by atoms with E-state index in [-0.39, 0.29) is 12.5 Å². The van der Waals surface area contributed by atoms with E-state index < -0.39 is 35.3 Å². The number of benzene rings is 2. The summed E-state index contributed by atoms with van der Waals surface area (Å²) in [6.45, 7) is 7.80. The zero-order valence-electron chi connectivity index (χ0n) is 19.6. The predicted octanol–water partition coefficient (Wildman–Crippen LogP) is 3.59. The van der Waals surface area contributed by atoms with Gasteiger partial charge < -0.3 is 9.47 Å². The second-order valence-corrected chi connectivity index (χ2v) is 9.08. The van der Waals surface area contributed by atoms with Crippen molar-refractivity contribution < 1.29 is 23.9 Å². The summed E-state index contributed by atoms with van der Waals surface area (Å²) in [4.78, 5) is 41.5. The Morgan fingerprint density at radius 3 is 2.24 bits per heavy atom. The van der Waals surface area contributed by atoms with Crippen molar-refractivity contribution in [1.29, 1.82) is 0 Å². The van der Waals surface area contributed by atoms with E-state index in [1.807, 2.05) is 24.3 Å². The van der Waals surface area contributed by atoms with Gasteiger partial charge in [-0.2, -0.15) is 0 Å². The maximum atomic E-state index is 13.7. The fourth-order valence-corrected chi connectivity index (χ4v) is 4.97. The number of fused-ring (bicyclic) bond motifs is 1. The summed E-state index contributed by atoms with van der Waals surface area (Å²) in [5, 5.41) is 3.31. The molecular formula is C26H30N2O5. The van der Waals surface area contributed by atoms with Crippen LogP contribution < -0.4 is 15.0 Å². The van der Waals surface area contributed by atoms with Crippen molar-refractivity contribution in [1.82, 2.24) is 5.32 Å². The van der Waals surface area contributed by atoms with Gasteiger partial charge in [0.1, 0.15) is 11.3 Å². The molecule has 174 valence electrons. The van der Waals surface area contributed by atoms with Crippen molar-refractivity contribution in [3.05, 3.63) is 59.7 Å². The van der Waals surface area contributed by atoms with Gasteiger partial charge in [0.25, 0.3) is 0 Å². The van der Waals surface area contributed by atoms with Crippen molar-refractivity contribution in [2.75, 3.05) is 18.6 Å². The Bertz CT molecular complexity index is 1060. The number of carbonyl (C=O) groups excluding carboxylic acids is 3. The number of ether oxygens (including phenoxy) is 2. The van der Waals surface area contributed by atoms with E-state index in [0.29, 0.717) is 17.4 Å². The lowest BCUT2D eigenvalue weighted by Crippen LogP contribution is -2.54. The predicted molar refractivity (Wildman–Crippen MR) is 124 cm³/mol. The van der Waals surface area contributed by atoms with Gasteiger partial charge in [0.15, 0.2) is 0 Å². The van der Waals surface area contributed by atoms with Crippen LogP contribution in [0.25, 0.3) is 0 Å². The largest absolute Gasteiger partial charge is 0.497 e. The molecule has 2 aliphatic heterocycles. The van der Waals surface area contributed by atoms with Crippen LogP contribution in [-0.2, 0) is 19.1 Å². The van der Waals surface area contributed by atoms with Gasteiger partial charge in [0, 0.05) is 6.04 Å². The summed E-state index contributed by atoms with van der Waals surface area (Å²) < 4.78 is 10.5. The highest BCUT2D eigenvalue weighted by Gasteiger charge is 2.67. The van der Waals surface area contributed by atoms with Crippen LogP contribution in [0.3, 0.4) is 0 Å². The molecule has 7 nitrogen and oxygen atoms in total. The van der Waals surface area contributed by atoms with E-state index in [0.717, 1.165) is 5.56 Å². The number of hydrogen-bond donors (Lipinski definition) is 1. The average Bonchev–Trinajstić information content (AvgIpc) is 3.27. The van der Waals surface area contributed by atoms with E-state index in [1.54, 1.807) is 45.2 Å². The normalized spacial score (nSPS) is 26.6. The Morgan fingerprint density at radius 2 is 1.70 bits per heavy atom. The molecule has 4 rings (SSSR count). The number of rotatable bonds is 6. The van der Waals surface area contributed by atoms with Gasteiger partial charge in [-0.1, -0.05) is 38.1 Å². The van der Waals surface area contributed by atoms with E-state index >= 15 is 0 Å². The first-order valence-corrected chi connectivity index (χ1v) is 11.3. The summed E-state index contributed by atoms with van der Waals surface area (Å²) in [6, 6.07) is 14.3. The summed E-state index contributed by atoms with van der Waals surface area (Å²) in [6.07, 6.45) is 0. The monoisotopic (exact) mass is 450 g/mol. The number of esters is 1. The average molecular weight is 451 g/mol. The molecule has 2 aromatic carbocycles. The molecule has 0 unspecified atom stereocenters. The van der Waals surface area contributed by atoms with Crippen LogP contribution in [0, 0.1) is 11.8 Å². The molecule has 0 aromatic heterocycles. The molecule has 0 spiro atoms. The third kappa shape index (κ3) is 3.70. The van der Waals surface area contributed by atoms with Gasteiger partial charge in [-0.05, 0) is 55.2 Å². The number of imide groups is 1. The number of hydrogen-bond acceptors (Lipinski definition) is 6. The Morgan fingerprint density at radius 1 is 1.06 bits per heavy atom.